The standard InChI is InChI=1S/C20H21F2N5O2/c1-29-19-11-18(23-12-24-19)26-6-3-13(4-7-26)20(28)27-17(2-5-25-27)14-8-15(21)10-16(22)9-14/h5,8-13,17H,2-4,6-7H2,1H3. The maximum atomic E-state index is 13.6. The molecular weight excluding hydrogens is 380 g/mol. The Kier molecular flexibility index (Phi) is 5.37. The van der Waals surface area contributed by atoms with Crippen LogP contribution in [-0.4, -0.2) is 47.3 Å². The summed E-state index contributed by atoms with van der Waals surface area (Å²) < 4.78 is 32.4. The molecule has 1 aromatic heterocycles. The minimum absolute atomic E-state index is 0.117. The molecule has 2 aliphatic heterocycles. The van der Waals surface area contributed by atoms with E-state index < -0.39 is 17.7 Å². The van der Waals surface area contributed by atoms with Crippen LogP contribution in [-0.2, 0) is 4.79 Å². The number of hydrogen-bond acceptors (Lipinski definition) is 6. The van der Waals surface area contributed by atoms with Crippen molar-refractivity contribution in [1.29, 1.82) is 0 Å². The van der Waals surface area contributed by atoms with Crippen molar-refractivity contribution >= 4 is 17.9 Å². The summed E-state index contributed by atoms with van der Waals surface area (Å²) in [6.45, 7) is 1.32. The fourth-order valence-electron chi connectivity index (χ4n) is 3.83. The summed E-state index contributed by atoms with van der Waals surface area (Å²) in [4.78, 5) is 23.4. The van der Waals surface area contributed by atoms with Crippen LogP contribution < -0.4 is 9.64 Å². The zero-order valence-electron chi connectivity index (χ0n) is 16.0. The number of hydrazone groups is 1. The average molecular weight is 401 g/mol. The van der Waals surface area contributed by atoms with E-state index in [9.17, 15) is 13.6 Å². The number of piperidine rings is 1. The van der Waals surface area contributed by atoms with Crippen LogP contribution >= 0.6 is 0 Å². The number of halogens is 2. The molecule has 1 fully saturated rings. The van der Waals surface area contributed by atoms with E-state index in [4.69, 9.17) is 4.74 Å². The Labute approximate surface area is 167 Å². The van der Waals surface area contributed by atoms with Crippen molar-refractivity contribution in [2.24, 2.45) is 11.0 Å². The summed E-state index contributed by atoms with van der Waals surface area (Å²) in [7, 11) is 1.55. The van der Waals surface area contributed by atoms with Gasteiger partial charge in [-0.1, -0.05) is 0 Å². The number of carbonyl (C=O) groups excluding carboxylic acids is 1. The first-order valence-electron chi connectivity index (χ1n) is 9.47. The number of amides is 1. The number of anilines is 1. The van der Waals surface area contributed by atoms with E-state index in [-0.39, 0.29) is 11.8 Å². The minimum atomic E-state index is -0.659. The molecule has 1 aromatic carbocycles. The predicted octanol–water partition coefficient (Wildman–Crippen LogP) is 2.94. The van der Waals surface area contributed by atoms with Crippen LogP contribution in [0, 0.1) is 17.6 Å². The summed E-state index contributed by atoms with van der Waals surface area (Å²) in [5, 5.41) is 5.57. The molecule has 0 aliphatic carbocycles. The van der Waals surface area contributed by atoms with Crippen LogP contribution in [0.1, 0.15) is 30.9 Å². The Morgan fingerprint density at radius 2 is 1.83 bits per heavy atom. The quantitative estimate of drug-likeness (QED) is 0.788. The van der Waals surface area contributed by atoms with E-state index in [1.165, 1.54) is 23.5 Å². The van der Waals surface area contributed by atoms with E-state index in [2.05, 4.69) is 20.0 Å². The molecular formula is C20H21F2N5O2. The molecule has 1 amide bonds. The second-order valence-electron chi connectivity index (χ2n) is 7.12. The molecule has 9 heteroatoms. The topological polar surface area (TPSA) is 70.9 Å². The van der Waals surface area contributed by atoms with Crippen LogP contribution in [0.3, 0.4) is 0 Å². The third kappa shape index (κ3) is 4.03. The maximum absolute atomic E-state index is 13.6. The monoisotopic (exact) mass is 401 g/mol. The zero-order chi connectivity index (χ0) is 20.4. The largest absolute Gasteiger partial charge is 0.481 e. The van der Waals surface area contributed by atoms with Gasteiger partial charge >= 0.3 is 0 Å². The summed E-state index contributed by atoms with van der Waals surface area (Å²) in [6, 6.07) is 4.63. The second-order valence-corrected chi connectivity index (χ2v) is 7.12. The Hall–Kier alpha value is -3.10. The molecule has 4 rings (SSSR count). The molecule has 1 saturated heterocycles. The van der Waals surface area contributed by atoms with Crippen LogP contribution in [0.2, 0.25) is 0 Å². The van der Waals surface area contributed by atoms with Gasteiger partial charge in [-0.3, -0.25) is 4.79 Å². The lowest BCUT2D eigenvalue weighted by Gasteiger charge is -2.34. The molecule has 0 radical (unpaired) electrons. The van der Waals surface area contributed by atoms with Gasteiger partial charge in [0.05, 0.1) is 13.2 Å². The highest BCUT2D eigenvalue weighted by molar-refractivity contribution is 5.82. The Balaban J connectivity index is 1.43. The fourth-order valence-corrected chi connectivity index (χ4v) is 3.83. The lowest BCUT2D eigenvalue weighted by atomic mass is 9.94. The van der Waals surface area contributed by atoms with Gasteiger partial charge in [-0.05, 0) is 30.5 Å². The number of methoxy groups -OCH3 is 1. The second kappa shape index (κ2) is 8.10. The number of ether oxygens (including phenoxy) is 1. The van der Waals surface area contributed by atoms with Crippen LogP contribution in [0.25, 0.3) is 0 Å². The number of aromatic nitrogens is 2. The van der Waals surface area contributed by atoms with Gasteiger partial charge in [0.15, 0.2) is 0 Å². The molecule has 0 saturated carbocycles. The number of rotatable bonds is 4. The normalized spacial score (nSPS) is 19.6. The molecule has 152 valence electrons. The van der Waals surface area contributed by atoms with Gasteiger partial charge in [-0.15, -0.1) is 0 Å². The molecule has 7 nitrogen and oxygen atoms in total. The SMILES string of the molecule is COc1cc(N2CCC(C(=O)N3N=CCC3c3cc(F)cc(F)c3)CC2)ncn1. The van der Waals surface area contributed by atoms with Gasteiger partial charge in [-0.2, -0.15) is 5.10 Å². The summed E-state index contributed by atoms with van der Waals surface area (Å²) in [6.07, 6.45) is 4.79. The smallest absolute Gasteiger partial charge is 0.246 e. The van der Waals surface area contributed by atoms with Crippen molar-refractivity contribution in [1.82, 2.24) is 15.0 Å². The van der Waals surface area contributed by atoms with Crippen molar-refractivity contribution in [3.8, 4) is 5.88 Å². The van der Waals surface area contributed by atoms with Crippen molar-refractivity contribution in [2.45, 2.75) is 25.3 Å². The lowest BCUT2D eigenvalue weighted by molar-refractivity contribution is -0.138. The highest BCUT2D eigenvalue weighted by Crippen LogP contribution is 2.33. The zero-order valence-corrected chi connectivity index (χ0v) is 16.0. The van der Waals surface area contributed by atoms with Gasteiger partial charge < -0.3 is 9.64 Å². The number of benzene rings is 1. The Bertz CT molecular complexity index is 911. The molecule has 0 bridgehead atoms. The van der Waals surface area contributed by atoms with Crippen LogP contribution in [0.4, 0.5) is 14.6 Å². The molecule has 2 aromatic rings. The Morgan fingerprint density at radius 3 is 2.52 bits per heavy atom. The predicted molar refractivity (Wildman–Crippen MR) is 103 cm³/mol. The summed E-state index contributed by atoms with van der Waals surface area (Å²) >= 11 is 0. The van der Waals surface area contributed by atoms with Gasteiger partial charge in [0.2, 0.25) is 11.8 Å². The third-order valence-electron chi connectivity index (χ3n) is 5.33. The summed E-state index contributed by atoms with van der Waals surface area (Å²) in [5.74, 6) is -0.389. The van der Waals surface area contributed by atoms with E-state index in [1.54, 1.807) is 19.4 Å². The minimum Gasteiger partial charge on any atom is -0.481 e. The van der Waals surface area contributed by atoms with Gasteiger partial charge in [0.1, 0.15) is 23.8 Å². The molecule has 1 atom stereocenters. The van der Waals surface area contributed by atoms with Gasteiger partial charge in [0.25, 0.3) is 0 Å². The number of nitrogens with zero attached hydrogens (tertiary/aromatic N) is 5. The molecule has 2 aliphatic rings. The number of hydrogen-bond donors (Lipinski definition) is 0. The van der Waals surface area contributed by atoms with Crippen molar-refractivity contribution in [2.75, 3.05) is 25.1 Å². The molecule has 1 unspecified atom stereocenters. The first-order chi connectivity index (χ1) is 14.0. The number of carbonyl (C=O) groups is 1. The van der Waals surface area contributed by atoms with Crippen LogP contribution in [0.5, 0.6) is 5.88 Å². The van der Waals surface area contributed by atoms with Crippen molar-refractivity contribution < 1.29 is 18.3 Å². The van der Waals surface area contributed by atoms with Crippen molar-refractivity contribution in [3.63, 3.8) is 0 Å². The third-order valence-corrected chi connectivity index (χ3v) is 5.33. The lowest BCUT2D eigenvalue weighted by Crippen LogP contribution is -2.41. The molecule has 3 heterocycles. The summed E-state index contributed by atoms with van der Waals surface area (Å²) in [5.41, 5.74) is 0.416. The van der Waals surface area contributed by atoms with Crippen LogP contribution in [0.15, 0.2) is 35.7 Å². The molecule has 29 heavy (non-hydrogen) atoms. The van der Waals surface area contributed by atoms with E-state index in [0.717, 1.165) is 11.9 Å². The Morgan fingerprint density at radius 1 is 1.10 bits per heavy atom. The highest BCUT2D eigenvalue weighted by atomic mass is 19.1. The highest BCUT2D eigenvalue weighted by Gasteiger charge is 2.35. The molecule has 0 N–H and O–H groups in total. The maximum Gasteiger partial charge on any atom is 0.246 e. The first-order valence-corrected chi connectivity index (χ1v) is 9.47. The van der Waals surface area contributed by atoms with Crippen molar-refractivity contribution in [3.05, 3.63) is 47.8 Å². The fraction of sp³-hybridized carbons (Fsp3) is 0.400. The van der Waals surface area contributed by atoms with E-state index >= 15 is 0 Å². The van der Waals surface area contributed by atoms with Gasteiger partial charge in [-0.25, -0.2) is 23.8 Å². The van der Waals surface area contributed by atoms with E-state index in [1.807, 2.05) is 0 Å². The average Bonchev–Trinajstić information content (AvgIpc) is 3.23. The molecule has 0 spiro atoms. The van der Waals surface area contributed by atoms with E-state index in [0.29, 0.717) is 43.8 Å². The first kappa shape index (κ1) is 19.2. The van der Waals surface area contributed by atoms with Gasteiger partial charge in [0, 0.05) is 43.8 Å².